The van der Waals surface area contributed by atoms with Crippen LogP contribution in [0.25, 0.3) is 10.8 Å². The molecule has 2 N–H and O–H groups in total. The van der Waals surface area contributed by atoms with Gasteiger partial charge in [-0.25, -0.2) is 0 Å². The summed E-state index contributed by atoms with van der Waals surface area (Å²) < 4.78 is 0. The first kappa shape index (κ1) is 11.3. The molecule has 0 aliphatic rings. The second-order valence-corrected chi connectivity index (χ2v) is 3.91. The van der Waals surface area contributed by atoms with Gasteiger partial charge in [-0.2, -0.15) is 0 Å². The van der Waals surface area contributed by atoms with E-state index in [0.29, 0.717) is 0 Å². The van der Waals surface area contributed by atoms with Gasteiger partial charge in [0.25, 0.3) is 0 Å². The summed E-state index contributed by atoms with van der Waals surface area (Å²) in [5.74, 6) is -1.82. The van der Waals surface area contributed by atoms with Gasteiger partial charge >= 0.3 is 0 Å². The zero-order chi connectivity index (χ0) is 12.4. The van der Waals surface area contributed by atoms with Crippen molar-refractivity contribution < 1.29 is 9.59 Å². The summed E-state index contributed by atoms with van der Waals surface area (Å²) in [6, 6.07) is 9.26. The van der Waals surface area contributed by atoms with E-state index in [-0.39, 0.29) is 11.5 Å². The van der Waals surface area contributed by atoms with Gasteiger partial charge in [0.1, 0.15) is 5.69 Å². The first-order chi connectivity index (χ1) is 8.09. The minimum absolute atomic E-state index is 0.273. The molecule has 4 heteroatoms. The van der Waals surface area contributed by atoms with Crippen molar-refractivity contribution in [3.05, 3.63) is 42.2 Å². The van der Waals surface area contributed by atoms with Gasteiger partial charge < -0.3 is 5.73 Å². The lowest BCUT2D eigenvalue weighted by atomic mass is 10.0. The highest BCUT2D eigenvalue weighted by Gasteiger charge is 2.21. The van der Waals surface area contributed by atoms with Crippen LogP contribution in [0.1, 0.15) is 17.4 Å². The molecule has 1 heterocycles. The van der Waals surface area contributed by atoms with Gasteiger partial charge in [0.2, 0.25) is 5.91 Å². The van der Waals surface area contributed by atoms with Crippen molar-refractivity contribution in [1.29, 1.82) is 0 Å². The number of Topliss-reactive ketones (excluding diaryl/α,β-unsaturated/α-hetero) is 1. The molecule has 2 rings (SSSR count). The summed E-state index contributed by atoms with van der Waals surface area (Å²) in [5, 5.41) is 1.87. The zero-order valence-electron chi connectivity index (χ0n) is 9.38. The van der Waals surface area contributed by atoms with E-state index in [0.717, 1.165) is 10.8 Å². The number of primary amides is 1. The van der Waals surface area contributed by atoms with Gasteiger partial charge in [-0.3, -0.25) is 14.6 Å². The Labute approximate surface area is 98.5 Å². The number of nitrogens with zero attached hydrogens (tertiary/aromatic N) is 1. The largest absolute Gasteiger partial charge is 0.369 e. The van der Waals surface area contributed by atoms with Crippen molar-refractivity contribution in [1.82, 2.24) is 4.98 Å². The summed E-state index contributed by atoms with van der Waals surface area (Å²) in [7, 11) is 0. The van der Waals surface area contributed by atoms with Gasteiger partial charge in [-0.05, 0) is 18.4 Å². The Kier molecular flexibility index (Phi) is 2.87. The van der Waals surface area contributed by atoms with Gasteiger partial charge in [-0.1, -0.05) is 24.3 Å². The van der Waals surface area contributed by atoms with Crippen LogP contribution < -0.4 is 5.73 Å². The van der Waals surface area contributed by atoms with E-state index in [1.54, 1.807) is 12.3 Å². The van der Waals surface area contributed by atoms with Crippen LogP contribution in [0.3, 0.4) is 0 Å². The van der Waals surface area contributed by atoms with Crippen molar-refractivity contribution in [2.45, 2.75) is 6.92 Å². The maximum Gasteiger partial charge on any atom is 0.228 e. The molecule has 17 heavy (non-hydrogen) atoms. The number of fused-ring (bicyclic) bond motifs is 1. The summed E-state index contributed by atoms with van der Waals surface area (Å²) >= 11 is 0. The summed E-state index contributed by atoms with van der Waals surface area (Å²) in [4.78, 5) is 26.9. The highest BCUT2D eigenvalue weighted by molar-refractivity contribution is 6.09. The molecule has 86 valence electrons. The molecule has 1 aromatic heterocycles. The third-order valence-electron chi connectivity index (χ3n) is 2.70. The van der Waals surface area contributed by atoms with Gasteiger partial charge in [0.05, 0.1) is 5.92 Å². The number of hydrogen-bond donors (Lipinski definition) is 1. The summed E-state index contributed by atoms with van der Waals surface area (Å²) in [6.07, 6.45) is 1.62. The predicted octanol–water partition coefficient (Wildman–Crippen LogP) is 1.54. The fraction of sp³-hybridized carbons (Fsp3) is 0.154. The molecule has 1 unspecified atom stereocenters. The standard InChI is InChI=1S/C13H12N2O2/c1-8(13(14)17)12(16)11-6-9-4-2-3-5-10(9)7-15-11/h2-8H,1H3,(H2,14,17). The molecular weight excluding hydrogens is 216 g/mol. The van der Waals surface area contributed by atoms with Crippen LogP contribution >= 0.6 is 0 Å². The lowest BCUT2D eigenvalue weighted by Crippen LogP contribution is -2.28. The topological polar surface area (TPSA) is 73.1 Å². The predicted molar refractivity (Wildman–Crippen MR) is 64.4 cm³/mol. The normalized spacial score (nSPS) is 12.3. The number of aromatic nitrogens is 1. The average molecular weight is 228 g/mol. The third kappa shape index (κ3) is 2.15. The minimum atomic E-state index is -0.844. The molecule has 1 atom stereocenters. The van der Waals surface area contributed by atoms with E-state index in [4.69, 9.17) is 5.73 Å². The molecule has 0 aliphatic heterocycles. The number of carbonyl (C=O) groups is 2. The SMILES string of the molecule is CC(C(N)=O)C(=O)c1cc2ccccc2cn1. The number of benzene rings is 1. The van der Waals surface area contributed by atoms with Crippen LogP contribution in [0.2, 0.25) is 0 Å². The third-order valence-corrected chi connectivity index (χ3v) is 2.70. The second-order valence-electron chi connectivity index (χ2n) is 3.91. The van der Waals surface area contributed by atoms with Crippen LogP contribution in [0, 0.1) is 5.92 Å². The molecule has 0 radical (unpaired) electrons. The molecule has 0 bridgehead atoms. The highest BCUT2D eigenvalue weighted by atomic mass is 16.2. The number of nitrogens with two attached hydrogens (primary N) is 1. The fourth-order valence-corrected chi connectivity index (χ4v) is 1.57. The number of amides is 1. The van der Waals surface area contributed by atoms with Crippen LogP contribution in [0.15, 0.2) is 36.5 Å². The van der Waals surface area contributed by atoms with Gasteiger partial charge in [0.15, 0.2) is 5.78 Å². The van der Waals surface area contributed by atoms with Crippen LogP contribution in [0.4, 0.5) is 0 Å². The molecule has 2 aromatic rings. The number of rotatable bonds is 3. The monoisotopic (exact) mass is 228 g/mol. The second kappa shape index (κ2) is 4.33. The van der Waals surface area contributed by atoms with Gasteiger partial charge in [-0.15, -0.1) is 0 Å². The molecule has 0 aliphatic carbocycles. The molecule has 1 amide bonds. The van der Waals surface area contributed by atoms with Gasteiger partial charge in [0, 0.05) is 11.6 Å². The lowest BCUT2D eigenvalue weighted by molar-refractivity contribution is -0.120. The Bertz CT molecular complexity index is 593. The highest BCUT2D eigenvalue weighted by Crippen LogP contribution is 2.15. The van der Waals surface area contributed by atoms with Crippen LogP contribution in [-0.4, -0.2) is 16.7 Å². The Morgan fingerprint density at radius 3 is 2.53 bits per heavy atom. The van der Waals surface area contributed by atoms with E-state index >= 15 is 0 Å². The van der Waals surface area contributed by atoms with Crippen molar-refractivity contribution in [3.8, 4) is 0 Å². The van der Waals surface area contributed by atoms with Crippen molar-refractivity contribution in [2.24, 2.45) is 11.7 Å². The minimum Gasteiger partial charge on any atom is -0.369 e. The maximum atomic E-state index is 11.9. The molecule has 0 spiro atoms. The van der Waals surface area contributed by atoms with Crippen molar-refractivity contribution in [3.63, 3.8) is 0 Å². The molecular formula is C13H12N2O2. The van der Waals surface area contributed by atoms with Crippen LogP contribution in [-0.2, 0) is 4.79 Å². The van der Waals surface area contributed by atoms with E-state index in [1.165, 1.54) is 6.92 Å². The van der Waals surface area contributed by atoms with E-state index in [9.17, 15) is 9.59 Å². The van der Waals surface area contributed by atoms with E-state index < -0.39 is 11.8 Å². The Hall–Kier alpha value is -2.23. The number of hydrogen-bond acceptors (Lipinski definition) is 3. The maximum absolute atomic E-state index is 11.9. The Morgan fingerprint density at radius 1 is 1.24 bits per heavy atom. The molecule has 0 fully saturated rings. The van der Waals surface area contributed by atoms with Crippen molar-refractivity contribution in [2.75, 3.05) is 0 Å². The zero-order valence-corrected chi connectivity index (χ0v) is 9.38. The Balaban J connectivity index is 2.43. The smallest absolute Gasteiger partial charge is 0.228 e. The summed E-state index contributed by atoms with van der Waals surface area (Å²) in [5.41, 5.74) is 5.37. The molecule has 4 nitrogen and oxygen atoms in total. The number of pyridine rings is 1. The Morgan fingerprint density at radius 2 is 1.88 bits per heavy atom. The average Bonchev–Trinajstić information content (AvgIpc) is 2.36. The van der Waals surface area contributed by atoms with E-state index in [2.05, 4.69) is 4.98 Å². The number of ketones is 1. The quantitative estimate of drug-likeness (QED) is 0.639. The molecule has 0 saturated carbocycles. The molecule has 0 saturated heterocycles. The van der Waals surface area contributed by atoms with E-state index in [1.807, 2.05) is 24.3 Å². The first-order valence-corrected chi connectivity index (χ1v) is 5.28. The van der Waals surface area contributed by atoms with Crippen LogP contribution in [0.5, 0.6) is 0 Å². The fourth-order valence-electron chi connectivity index (χ4n) is 1.57. The number of carbonyl (C=O) groups excluding carboxylic acids is 2. The first-order valence-electron chi connectivity index (χ1n) is 5.28. The van der Waals surface area contributed by atoms with Crippen molar-refractivity contribution >= 4 is 22.5 Å². The molecule has 1 aromatic carbocycles. The lowest BCUT2D eigenvalue weighted by Gasteiger charge is -2.06. The summed E-state index contributed by atoms with van der Waals surface area (Å²) in [6.45, 7) is 1.49.